The maximum atomic E-state index is 5.19. The third-order valence-electron chi connectivity index (χ3n) is 10.1. The van der Waals surface area contributed by atoms with Crippen LogP contribution < -0.4 is 0 Å². The smallest absolute Gasteiger partial charge is 0.164 e. The minimum absolute atomic E-state index is 0.560. The van der Waals surface area contributed by atoms with Crippen molar-refractivity contribution in [2.45, 2.75) is 5.41 Å². The molecule has 0 N–H and O–H groups in total. The van der Waals surface area contributed by atoms with Crippen molar-refractivity contribution in [3.63, 3.8) is 0 Å². The zero-order chi connectivity index (χ0) is 33.8. The molecule has 2 aliphatic carbocycles. The van der Waals surface area contributed by atoms with Crippen LogP contribution in [0.3, 0.4) is 0 Å². The van der Waals surface area contributed by atoms with Crippen molar-refractivity contribution in [2.75, 3.05) is 0 Å². The SMILES string of the molecule is C1=C=Cc2cc(-c3nc(-c4ccc5c(c4)C(c4ccccc4)(c4ccncc4)c4ccccc4-5)nc(-c4ccc5ccccc5c4)n3)ccc2C=1. The maximum absolute atomic E-state index is 5.19. The summed E-state index contributed by atoms with van der Waals surface area (Å²) < 4.78 is 0. The highest BCUT2D eigenvalue weighted by Gasteiger charge is 2.46. The number of fused-ring (bicyclic) bond motifs is 5. The van der Waals surface area contributed by atoms with Crippen molar-refractivity contribution in [1.29, 1.82) is 0 Å². The lowest BCUT2D eigenvalue weighted by Gasteiger charge is -2.33. The predicted molar refractivity (Wildman–Crippen MR) is 205 cm³/mol. The molecule has 0 saturated carbocycles. The lowest BCUT2D eigenvalue weighted by molar-refractivity contribution is 0.766. The van der Waals surface area contributed by atoms with Crippen LogP contribution in [-0.4, -0.2) is 19.9 Å². The van der Waals surface area contributed by atoms with Gasteiger partial charge < -0.3 is 0 Å². The van der Waals surface area contributed by atoms with Crippen molar-refractivity contribution in [3.8, 4) is 45.3 Å². The molecule has 8 aromatic rings. The molecule has 0 amide bonds. The van der Waals surface area contributed by atoms with E-state index in [1.54, 1.807) is 0 Å². The molecule has 2 aromatic heterocycles. The number of rotatable bonds is 5. The number of nitrogens with zero attached hydrogens (tertiary/aromatic N) is 4. The second kappa shape index (κ2) is 11.6. The quantitative estimate of drug-likeness (QED) is 0.174. The van der Waals surface area contributed by atoms with Crippen LogP contribution in [0, 0.1) is 0 Å². The summed E-state index contributed by atoms with van der Waals surface area (Å²) in [5, 5.41) is 2.31. The van der Waals surface area contributed by atoms with Gasteiger partial charge in [-0.15, -0.1) is 0 Å². The molecule has 0 spiro atoms. The fraction of sp³-hybridized carbons (Fsp3) is 0.0213. The summed E-state index contributed by atoms with van der Waals surface area (Å²) in [6, 6.07) is 51.5. The molecule has 2 heterocycles. The van der Waals surface area contributed by atoms with Gasteiger partial charge >= 0.3 is 0 Å². The number of hydrogen-bond acceptors (Lipinski definition) is 4. The van der Waals surface area contributed by atoms with Crippen molar-refractivity contribution in [3.05, 3.63) is 203 Å². The van der Waals surface area contributed by atoms with Crippen LogP contribution in [0.1, 0.15) is 33.4 Å². The topological polar surface area (TPSA) is 51.6 Å². The Balaban J connectivity index is 1.22. The van der Waals surface area contributed by atoms with Gasteiger partial charge in [0, 0.05) is 29.1 Å². The predicted octanol–water partition coefficient (Wildman–Crippen LogP) is 10.6. The normalized spacial score (nSPS) is 15.1. The molecular formula is C47H28N4. The molecule has 0 aliphatic heterocycles. The molecule has 51 heavy (non-hydrogen) atoms. The van der Waals surface area contributed by atoms with E-state index >= 15 is 0 Å². The Morgan fingerprint density at radius 2 is 1.00 bits per heavy atom. The lowest BCUT2D eigenvalue weighted by Crippen LogP contribution is -2.28. The summed E-state index contributed by atoms with van der Waals surface area (Å²) in [5.41, 5.74) is 17.7. The van der Waals surface area contributed by atoms with Crippen LogP contribution in [0.4, 0.5) is 0 Å². The van der Waals surface area contributed by atoms with Crippen LogP contribution in [0.15, 0.2) is 169 Å². The number of aromatic nitrogens is 4. The maximum Gasteiger partial charge on any atom is 0.164 e. The van der Waals surface area contributed by atoms with E-state index in [1.165, 1.54) is 33.2 Å². The van der Waals surface area contributed by atoms with Gasteiger partial charge in [0.05, 0.1) is 5.41 Å². The minimum atomic E-state index is -0.560. The van der Waals surface area contributed by atoms with Gasteiger partial charge in [-0.3, -0.25) is 4.98 Å². The first-order chi connectivity index (χ1) is 25.3. The fourth-order valence-corrected chi connectivity index (χ4v) is 7.80. The van der Waals surface area contributed by atoms with Crippen LogP contribution in [0.5, 0.6) is 0 Å². The Morgan fingerprint density at radius 1 is 0.412 bits per heavy atom. The van der Waals surface area contributed by atoms with E-state index in [4.69, 9.17) is 15.0 Å². The van der Waals surface area contributed by atoms with Crippen LogP contribution >= 0.6 is 0 Å². The summed E-state index contributed by atoms with van der Waals surface area (Å²) in [6.07, 6.45) is 7.67. The molecule has 6 aromatic carbocycles. The minimum Gasteiger partial charge on any atom is -0.265 e. The van der Waals surface area contributed by atoms with Gasteiger partial charge in [0.15, 0.2) is 17.5 Å². The van der Waals surface area contributed by atoms with Crippen molar-refractivity contribution < 1.29 is 0 Å². The zero-order valence-corrected chi connectivity index (χ0v) is 27.5. The number of pyridine rings is 1. The summed E-state index contributed by atoms with van der Waals surface area (Å²) in [6.45, 7) is 0. The van der Waals surface area contributed by atoms with Crippen LogP contribution in [-0.2, 0) is 5.41 Å². The van der Waals surface area contributed by atoms with E-state index in [-0.39, 0.29) is 0 Å². The summed E-state index contributed by atoms with van der Waals surface area (Å²) in [5.74, 6) is 1.86. The average molecular weight is 649 g/mol. The molecule has 0 bridgehead atoms. The van der Waals surface area contributed by atoms with E-state index in [2.05, 4.69) is 162 Å². The van der Waals surface area contributed by atoms with Gasteiger partial charge in [-0.1, -0.05) is 127 Å². The Labute approximate surface area is 295 Å². The van der Waals surface area contributed by atoms with Gasteiger partial charge in [0.2, 0.25) is 0 Å². The van der Waals surface area contributed by atoms with Gasteiger partial charge in [-0.05, 0) is 97.8 Å². The zero-order valence-electron chi connectivity index (χ0n) is 27.5. The first kappa shape index (κ1) is 29.0. The lowest BCUT2D eigenvalue weighted by atomic mass is 9.68. The van der Waals surface area contributed by atoms with Crippen LogP contribution in [0.25, 0.3) is 68.2 Å². The van der Waals surface area contributed by atoms with E-state index in [1.807, 2.05) is 24.5 Å². The standard InChI is InChI=1S/C47H28N4/c1-2-14-38(15-3-1)47(39-24-26-48-27-25-39)42-17-9-8-16-40(42)41-23-22-37(30-43(41)47)46-50-44(35-20-18-31-10-4-6-12-33(31)28-35)49-45(51-46)36-21-19-32-11-5-7-13-34(32)29-36/h1-4,6,8-30H. The van der Waals surface area contributed by atoms with Crippen molar-refractivity contribution in [1.82, 2.24) is 19.9 Å². The second-order valence-corrected chi connectivity index (χ2v) is 12.9. The largest absolute Gasteiger partial charge is 0.265 e. The second-order valence-electron chi connectivity index (χ2n) is 12.9. The summed E-state index contributed by atoms with van der Waals surface area (Å²) in [4.78, 5) is 19.9. The Bertz CT molecular complexity index is 2730. The molecule has 1 atom stereocenters. The average Bonchev–Trinajstić information content (AvgIpc) is 3.51. The van der Waals surface area contributed by atoms with Gasteiger partial charge in [-0.2, -0.15) is 0 Å². The highest BCUT2D eigenvalue weighted by Crippen LogP contribution is 2.56. The summed E-state index contributed by atoms with van der Waals surface area (Å²) >= 11 is 0. The third kappa shape index (κ3) is 4.64. The van der Waals surface area contributed by atoms with Crippen molar-refractivity contribution in [2.24, 2.45) is 0 Å². The highest BCUT2D eigenvalue weighted by atomic mass is 15.0. The summed E-state index contributed by atoms with van der Waals surface area (Å²) in [7, 11) is 0. The van der Waals surface area contributed by atoms with Gasteiger partial charge in [0.25, 0.3) is 0 Å². The van der Waals surface area contributed by atoms with Gasteiger partial charge in [0.1, 0.15) is 0 Å². The highest BCUT2D eigenvalue weighted by molar-refractivity contribution is 5.89. The molecule has 236 valence electrons. The molecule has 4 heteroatoms. The van der Waals surface area contributed by atoms with E-state index < -0.39 is 5.41 Å². The van der Waals surface area contributed by atoms with E-state index in [0.717, 1.165) is 38.8 Å². The first-order valence-electron chi connectivity index (χ1n) is 17.0. The third-order valence-corrected chi connectivity index (χ3v) is 10.1. The number of hydrogen-bond donors (Lipinski definition) is 0. The molecule has 0 saturated heterocycles. The van der Waals surface area contributed by atoms with E-state index in [0.29, 0.717) is 17.5 Å². The van der Waals surface area contributed by atoms with Gasteiger partial charge in [-0.25, -0.2) is 15.0 Å². The molecule has 0 fully saturated rings. The molecule has 0 radical (unpaired) electrons. The molecular weight excluding hydrogens is 621 g/mol. The first-order valence-corrected chi connectivity index (χ1v) is 17.0. The van der Waals surface area contributed by atoms with E-state index in [9.17, 15) is 0 Å². The Morgan fingerprint density at radius 3 is 1.80 bits per heavy atom. The Hall–Kier alpha value is -6.96. The molecule has 4 nitrogen and oxygen atoms in total. The number of benzene rings is 6. The monoisotopic (exact) mass is 648 g/mol. The fourth-order valence-electron chi connectivity index (χ4n) is 7.80. The Kier molecular flexibility index (Phi) is 6.59. The molecule has 1 unspecified atom stereocenters. The van der Waals surface area contributed by atoms with Crippen molar-refractivity contribution >= 4 is 22.9 Å². The molecule has 2 aliphatic rings. The molecule has 10 rings (SSSR count). The van der Waals surface area contributed by atoms with Crippen LogP contribution in [0.2, 0.25) is 0 Å².